The molecular formula is C22H24N2O2. The van der Waals surface area contributed by atoms with Gasteiger partial charge in [0.05, 0.1) is 12.2 Å². The number of carbonyl (C=O) groups is 1. The third-order valence-corrected chi connectivity index (χ3v) is 5.09. The third-order valence-electron chi connectivity index (χ3n) is 5.09. The van der Waals surface area contributed by atoms with E-state index in [1.165, 1.54) is 33.3 Å². The van der Waals surface area contributed by atoms with Gasteiger partial charge in [0.15, 0.2) is 0 Å². The molecule has 4 heteroatoms. The van der Waals surface area contributed by atoms with Crippen LogP contribution in [0.1, 0.15) is 39.7 Å². The number of nitrogens with zero attached hydrogens (tertiary/aromatic N) is 1. The van der Waals surface area contributed by atoms with Gasteiger partial charge in [-0.15, -0.1) is 0 Å². The molecule has 0 spiro atoms. The van der Waals surface area contributed by atoms with Crippen molar-refractivity contribution >= 4 is 16.9 Å². The van der Waals surface area contributed by atoms with Crippen LogP contribution in [-0.2, 0) is 24.2 Å². The maximum atomic E-state index is 11.8. The Morgan fingerprint density at radius 1 is 1.19 bits per heavy atom. The van der Waals surface area contributed by atoms with Crippen LogP contribution in [0.3, 0.4) is 0 Å². The second-order valence-corrected chi connectivity index (χ2v) is 6.88. The van der Waals surface area contributed by atoms with Gasteiger partial charge >= 0.3 is 5.97 Å². The lowest BCUT2D eigenvalue weighted by molar-refractivity contribution is 0.0526. The summed E-state index contributed by atoms with van der Waals surface area (Å²) in [5.74, 6) is -0.260. The Morgan fingerprint density at radius 2 is 2.00 bits per heavy atom. The number of aryl methyl sites for hydroxylation is 1. The van der Waals surface area contributed by atoms with Gasteiger partial charge in [-0.1, -0.05) is 23.8 Å². The summed E-state index contributed by atoms with van der Waals surface area (Å²) < 4.78 is 7.50. The van der Waals surface area contributed by atoms with Crippen molar-refractivity contribution in [3.8, 4) is 0 Å². The van der Waals surface area contributed by atoms with E-state index in [1.807, 2.05) is 31.2 Å². The average molecular weight is 348 g/mol. The molecule has 0 amide bonds. The quantitative estimate of drug-likeness (QED) is 0.729. The fourth-order valence-corrected chi connectivity index (χ4v) is 3.82. The van der Waals surface area contributed by atoms with E-state index in [2.05, 4.69) is 35.0 Å². The number of benzene rings is 2. The first-order valence-electron chi connectivity index (χ1n) is 9.24. The smallest absolute Gasteiger partial charge is 0.338 e. The summed E-state index contributed by atoms with van der Waals surface area (Å²) in [6.45, 7) is 7.14. The molecule has 0 saturated heterocycles. The molecule has 0 saturated carbocycles. The number of rotatable bonds is 4. The largest absolute Gasteiger partial charge is 0.462 e. The van der Waals surface area contributed by atoms with Gasteiger partial charge in [0.1, 0.15) is 0 Å². The molecular weight excluding hydrogens is 324 g/mol. The monoisotopic (exact) mass is 348 g/mol. The predicted molar refractivity (Wildman–Crippen MR) is 104 cm³/mol. The molecule has 0 unspecified atom stereocenters. The first kappa shape index (κ1) is 16.9. The third kappa shape index (κ3) is 3.01. The van der Waals surface area contributed by atoms with Crippen LogP contribution in [0, 0.1) is 6.92 Å². The maximum absolute atomic E-state index is 11.8. The summed E-state index contributed by atoms with van der Waals surface area (Å²) in [4.78, 5) is 11.8. The molecule has 1 aromatic heterocycles. The highest BCUT2D eigenvalue weighted by atomic mass is 16.5. The highest BCUT2D eigenvalue weighted by Crippen LogP contribution is 2.30. The number of esters is 1. The van der Waals surface area contributed by atoms with Crippen molar-refractivity contribution in [2.24, 2.45) is 0 Å². The molecule has 134 valence electrons. The zero-order valence-corrected chi connectivity index (χ0v) is 15.3. The van der Waals surface area contributed by atoms with Gasteiger partial charge < -0.3 is 14.6 Å². The molecule has 1 aliphatic heterocycles. The molecule has 4 nitrogen and oxygen atoms in total. The van der Waals surface area contributed by atoms with Gasteiger partial charge in [-0.25, -0.2) is 4.79 Å². The minimum Gasteiger partial charge on any atom is -0.462 e. The van der Waals surface area contributed by atoms with Crippen LogP contribution in [0.4, 0.5) is 0 Å². The Labute approximate surface area is 153 Å². The lowest BCUT2D eigenvalue weighted by Gasteiger charge is -2.17. The number of nitrogens with one attached hydrogen (secondary N) is 1. The zero-order chi connectivity index (χ0) is 18.1. The van der Waals surface area contributed by atoms with E-state index in [4.69, 9.17) is 4.74 Å². The Kier molecular flexibility index (Phi) is 4.51. The van der Waals surface area contributed by atoms with E-state index in [-0.39, 0.29) is 5.97 Å². The Balaban J connectivity index is 1.70. The minimum atomic E-state index is -0.260. The van der Waals surface area contributed by atoms with Crippen molar-refractivity contribution in [3.63, 3.8) is 0 Å². The van der Waals surface area contributed by atoms with E-state index in [0.29, 0.717) is 12.2 Å². The predicted octanol–water partition coefficient (Wildman–Crippen LogP) is 3.82. The van der Waals surface area contributed by atoms with Crippen LogP contribution in [0.25, 0.3) is 10.9 Å². The molecule has 0 aliphatic carbocycles. The SMILES string of the molecule is CCOC(=O)c1ccc(Cn2c3c(c4cc(C)ccc42)CNCC3)cc1. The number of hydrogen-bond donors (Lipinski definition) is 1. The summed E-state index contributed by atoms with van der Waals surface area (Å²) in [5.41, 5.74) is 7.24. The van der Waals surface area contributed by atoms with Crippen molar-refractivity contribution in [1.82, 2.24) is 9.88 Å². The van der Waals surface area contributed by atoms with Crippen molar-refractivity contribution in [2.75, 3.05) is 13.2 Å². The van der Waals surface area contributed by atoms with E-state index in [1.54, 1.807) is 0 Å². The van der Waals surface area contributed by atoms with Crippen LogP contribution < -0.4 is 5.32 Å². The van der Waals surface area contributed by atoms with Crippen molar-refractivity contribution in [1.29, 1.82) is 0 Å². The van der Waals surface area contributed by atoms with Crippen LogP contribution in [0.2, 0.25) is 0 Å². The molecule has 2 heterocycles. The molecule has 0 bridgehead atoms. The number of hydrogen-bond acceptors (Lipinski definition) is 3. The van der Waals surface area contributed by atoms with Crippen LogP contribution in [0.15, 0.2) is 42.5 Å². The topological polar surface area (TPSA) is 43.3 Å². The van der Waals surface area contributed by atoms with Crippen LogP contribution in [-0.4, -0.2) is 23.7 Å². The molecule has 1 N–H and O–H groups in total. The fourth-order valence-electron chi connectivity index (χ4n) is 3.82. The first-order valence-corrected chi connectivity index (χ1v) is 9.24. The molecule has 0 atom stereocenters. The van der Waals surface area contributed by atoms with E-state index < -0.39 is 0 Å². The summed E-state index contributed by atoms with van der Waals surface area (Å²) in [6.07, 6.45) is 1.05. The van der Waals surface area contributed by atoms with E-state index in [0.717, 1.165) is 26.1 Å². The van der Waals surface area contributed by atoms with Gasteiger partial charge in [-0.05, 0) is 49.2 Å². The van der Waals surface area contributed by atoms with Crippen LogP contribution in [0.5, 0.6) is 0 Å². The highest BCUT2D eigenvalue weighted by Gasteiger charge is 2.20. The molecule has 4 rings (SSSR count). The highest BCUT2D eigenvalue weighted by molar-refractivity contribution is 5.89. The number of fused-ring (bicyclic) bond motifs is 3. The van der Waals surface area contributed by atoms with Crippen molar-refractivity contribution in [2.45, 2.75) is 33.4 Å². The van der Waals surface area contributed by atoms with Crippen LogP contribution >= 0.6 is 0 Å². The normalized spacial score (nSPS) is 13.6. The zero-order valence-electron chi connectivity index (χ0n) is 15.3. The summed E-state index contributed by atoms with van der Waals surface area (Å²) in [5, 5.41) is 4.85. The number of carbonyl (C=O) groups excluding carboxylic acids is 1. The lowest BCUT2D eigenvalue weighted by atomic mass is 10.0. The molecule has 26 heavy (non-hydrogen) atoms. The number of ether oxygens (including phenoxy) is 1. The molecule has 1 aliphatic rings. The second-order valence-electron chi connectivity index (χ2n) is 6.88. The molecule has 3 aromatic rings. The lowest BCUT2D eigenvalue weighted by Crippen LogP contribution is -2.24. The second kappa shape index (κ2) is 6.96. The Morgan fingerprint density at radius 3 is 2.77 bits per heavy atom. The molecule has 2 aromatic carbocycles. The Bertz CT molecular complexity index is 954. The molecule has 0 radical (unpaired) electrons. The van der Waals surface area contributed by atoms with Gasteiger partial charge in [-0.2, -0.15) is 0 Å². The van der Waals surface area contributed by atoms with Gasteiger partial charge in [-0.3, -0.25) is 0 Å². The van der Waals surface area contributed by atoms with E-state index in [9.17, 15) is 4.79 Å². The average Bonchev–Trinajstić information content (AvgIpc) is 2.96. The van der Waals surface area contributed by atoms with E-state index >= 15 is 0 Å². The fraction of sp³-hybridized carbons (Fsp3) is 0.318. The van der Waals surface area contributed by atoms with Crippen molar-refractivity contribution in [3.05, 3.63) is 70.4 Å². The summed E-state index contributed by atoms with van der Waals surface area (Å²) in [7, 11) is 0. The van der Waals surface area contributed by atoms with Gasteiger partial charge in [0.25, 0.3) is 0 Å². The molecule has 0 fully saturated rings. The summed E-state index contributed by atoms with van der Waals surface area (Å²) in [6, 6.07) is 14.5. The Hall–Kier alpha value is -2.59. The summed E-state index contributed by atoms with van der Waals surface area (Å²) >= 11 is 0. The maximum Gasteiger partial charge on any atom is 0.338 e. The van der Waals surface area contributed by atoms with Crippen molar-refractivity contribution < 1.29 is 9.53 Å². The first-order chi connectivity index (χ1) is 12.7. The van der Waals surface area contributed by atoms with Gasteiger partial charge in [0.2, 0.25) is 0 Å². The minimum absolute atomic E-state index is 0.260. The standard InChI is InChI=1S/C22H24N2O2/c1-3-26-22(25)17-7-5-16(6-8-17)14-24-20-9-4-15(2)12-18(20)19-13-23-11-10-21(19)24/h4-9,12,23H,3,10-11,13-14H2,1-2H3. The number of aromatic nitrogens is 1. The van der Waals surface area contributed by atoms with Gasteiger partial charge in [0, 0.05) is 42.7 Å².